The predicted molar refractivity (Wildman–Crippen MR) is 142 cm³/mol. The molecule has 0 radical (unpaired) electrons. The van der Waals surface area contributed by atoms with Gasteiger partial charge < -0.3 is 4.74 Å². The molecule has 1 aliphatic rings. The zero-order chi connectivity index (χ0) is 26.0. The molecule has 4 aromatic rings. The number of carbonyl (C=O) groups is 1. The van der Waals surface area contributed by atoms with Crippen molar-refractivity contribution in [3.05, 3.63) is 95.6 Å². The standard InChI is InChI=1S/C31H32FN3O2/c1-31(2,3)30(36)37-20-35-19-33-29(34-35)27-10-6-9-26(28(27)32)23-15-13-21(14-16-23)11-12-22-17-24-7-4-5-8-25(24)18-22/h4-10,13-16,19,22H,11-12,17-18,20H2,1-3H3. The lowest BCUT2D eigenvalue weighted by molar-refractivity contribution is -0.157. The number of esters is 1. The van der Waals surface area contributed by atoms with Crippen LogP contribution in [0.5, 0.6) is 0 Å². The van der Waals surface area contributed by atoms with E-state index in [0.717, 1.165) is 31.2 Å². The first kappa shape index (κ1) is 24.9. The Hall–Kier alpha value is -3.80. The minimum Gasteiger partial charge on any atom is -0.442 e. The van der Waals surface area contributed by atoms with Gasteiger partial charge in [0, 0.05) is 5.56 Å². The number of aryl methyl sites for hydroxylation is 1. The predicted octanol–water partition coefficient (Wildman–Crippen LogP) is 6.65. The Morgan fingerprint density at radius 3 is 2.32 bits per heavy atom. The molecule has 190 valence electrons. The van der Waals surface area contributed by atoms with E-state index in [1.165, 1.54) is 27.7 Å². The van der Waals surface area contributed by atoms with Crippen LogP contribution >= 0.6 is 0 Å². The molecule has 0 saturated carbocycles. The molecule has 0 spiro atoms. The maximum absolute atomic E-state index is 15.5. The van der Waals surface area contributed by atoms with E-state index in [2.05, 4.69) is 46.5 Å². The SMILES string of the molecule is CC(C)(C)C(=O)OCn1cnc(-c2cccc(-c3ccc(CCC4Cc5ccccc5C4)cc3)c2F)n1. The monoisotopic (exact) mass is 497 g/mol. The van der Waals surface area contributed by atoms with Gasteiger partial charge in [-0.25, -0.2) is 14.1 Å². The van der Waals surface area contributed by atoms with Gasteiger partial charge in [0.05, 0.1) is 11.0 Å². The van der Waals surface area contributed by atoms with Crippen LogP contribution in [0, 0.1) is 17.2 Å². The molecule has 6 heteroatoms. The first-order valence-electron chi connectivity index (χ1n) is 12.8. The molecule has 1 aromatic heterocycles. The van der Waals surface area contributed by atoms with Crippen molar-refractivity contribution in [2.24, 2.45) is 11.3 Å². The number of halogens is 1. The number of carbonyl (C=O) groups excluding carboxylic acids is 1. The van der Waals surface area contributed by atoms with E-state index in [1.807, 2.05) is 12.1 Å². The number of ether oxygens (including phenoxy) is 1. The van der Waals surface area contributed by atoms with Crippen molar-refractivity contribution in [3.63, 3.8) is 0 Å². The number of aromatic nitrogens is 3. The van der Waals surface area contributed by atoms with E-state index in [4.69, 9.17) is 4.74 Å². The van der Waals surface area contributed by atoms with Crippen molar-refractivity contribution in [1.82, 2.24) is 14.8 Å². The number of hydrogen-bond acceptors (Lipinski definition) is 4. The number of hydrogen-bond donors (Lipinski definition) is 0. The molecular formula is C31H32FN3O2. The lowest BCUT2D eigenvalue weighted by Crippen LogP contribution is -2.24. The lowest BCUT2D eigenvalue weighted by Gasteiger charge is -2.16. The Balaban J connectivity index is 1.24. The lowest BCUT2D eigenvalue weighted by atomic mass is 9.95. The fourth-order valence-corrected chi connectivity index (χ4v) is 4.82. The summed E-state index contributed by atoms with van der Waals surface area (Å²) >= 11 is 0. The zero-order valence-electron chi connectivity index (χ0n) is 21.6. The Morgan fingerprint density at radius 1 is 0.973 bits per heavy atom. The summed E-state index contributed by atoms with van der Waals surface area (Å²) < 4.78 is 22.2. The second-order valence-electron chi connectivity index (χ2n) is 10.9. The van der Waals surface area contributed by atoms with E-state index >= 15 is 4.39 Å². The van der Waals surface area contributed by atoms with E-state index in [0.29, 0.717) is 17.0 Å². The topological polar surface area (TPSA) is 57.0 Å². The molecule has 0 atom stereocenters. The summed E-state index contributed by atoms with van der Waals surface area (Å²) in [5.74, 6) is 0.230. The second kappa shape index (κ2) is 10.3. The average Bonchev–Trinajstić information content (AvgIpc) is 3.53. The summed E-state index contributed by atoms with van der Waals surface area (Å²) in [5, 5.41) is 4.31. The van der Waals surface area contributed by atoms with Crippen molar-refractivity contribution in [2.75, 3.05) is 0 Å². The number of fused-ring (bicyclic) bond motifs is 1. The Labute approximate surface area is 217 Å². The summed E-state index contributed by atoms with van der Waals surface area (Å²) in [6.45, 7) is 5.28. The third-order valence-electron chi connectivity index (χ3n) is 6.96. The van der Waals surface area contributed by atoms with E-state index in [1.54, 1.807) is 39.0 Å². The first-order valence-corrected chi connectivity index (χ1v) is 12.8. The van der Waals surface area contributed by atoms with Gasteiger partial charge in [-0.05, 0) is 80.7 Å². The fourth-order valence-electron chi connectivity index (χ4n) is 4.82. The molecule has 0 unspecified atom stereocenters. The highest BCUT2D eigenvalue weighted by molar-refractivity contribution is 5.75. The van der Waals surface area contributed by atoms with Gasteiger partial charge in [0.25, 0.3) is 0 Å². The Bertz CT molecular complexity index is 1380. The van der Waals surface area contributed by atoms with Gasteiger partial charge >= 0.3 is 5.97 Å². The van der Waals surface area contributed by atoms with Crippen LogP contribution in [0.25, 0.3) is 22.5 Å². The summed E-state index contributed by atoms with van der Waals surface area (Å²) in [7, 11) is 0. The van der Waals surface area contributed by atoms with Crippen molar-refractivity contribution >= 4 is 5.97 Å². The van der Waals surface area contributed by atoms with E-state index in [9.17, 15) is 4.79 Å². The smallest absolute Gasteiger partial charge is 0.313 e. The Kier molecular flexibility index (Phi) is 6.92. The molecule has 0 N–H and O–H groups in total. The second-order valence-corrected chi connectivity index (χ2v) is 10.9. The average molecular weight is 498 g/mol. The van der Waals surface area contributed by atoms with Crippen LogP contribution in [-0.2, 0) is 35.5 Å². The molecule has 3 aromatic carbocycles. The molecule has 0 saturated heterocycles. The van der Waals surface area contributed by atoms with Crippen LogP contribution < -0.4 is 0 Å². The van der Waals surface area contributed by atoms with Gasteiger partial charge in [-0.1, -0.05) is 60.7 Å². The van der Waals surface area contributed by atoms with Gasteiger partial charge in [0.1, 0.15) is 12.1 Å². The minimum atomic E-state index is -0.609. The summed E-state index contributed by atoms with van der Waals surface area (Å²) in [4.78, 5) is 16.2. The molecule has 0 aliphatic heterocycles. The summed E-state index contributed by atoms with van der Waals surface area (Å²) in [5.41, 5.74) is 5.26. The van der Waals surface area contributed by atoms with Crippen molar-refractivity contribution in [2.45, 2.75) is 53.2 Å². The van der Waals surface area contributed by atoms with Crippen molar-refractivity contribution in [1.29, 1.82) is 0 Å². The van der Waals surface area contributed by atoms with E-state index < -0.39 is 5.41 Å². The van der Waals surface area contributed by atoms with Gasteiger partial charge in [-0.15, -0.1) is 5.10 Å². The number of benzene rings is 3. The maximum Gasteiger partial charge on any atom is 0.313 e. The molecule has 1 heterocycles. The quantitative estimate of drug-likeness (QED) is 0.268. The molecule has 37 heavy (non-hydrogen) atoms. The Morgan fingerprint density at radius 2 is 1.65 bits per heavy atom. The normalized spacial score (nSPS) is 13.5. The van der Waals surface area contributed by atoms with Gasteiger partial charge in [0.2, 0.25) is 0 Å². The van der Waals surface area contributed by atoms with Crippen LogP contribution in [0.4, 0.5) is 4.39 Å². The highest BCUT2D eigenvalue weighted by atomic mass is 19.1. The molecule has 1 aliphatic carbocycles. The third-order valence-corrected chi connectivity index (χ3v) is 6.96. The van der Waals surface area contributed by atoms with Crippen LogP contribution in [0.3, 0.4) is 0 Å². The van der Waals surface area contributed by atoms with Crippen LogP contribution in [0.15, 0.2) is 73.1 Å². The third kappa shape index (κ3) is 5.63. The molecule has 5 nitrogen and oxygen atoms in total. The molecular weight excluding hydrogens is 465 g/mol. The van der Waals surface area contributed by atoms with Crippen LogP contribution in [0.2, 0.25) is 0 Å². The van der Waals surface area contributed by atoms with Crippen LogP contribution in [0.1, 0.15) is 43.9 Å². The van der Waals surface area contributed by atoms with Crippen molar-refractivity contribution in [3.8, 4) is 22.5 Å². The van der Waals surface area contributed by atoms with E-state index in [-0.39, 0.29) is 24.3 Å². The summed E-state index contributed by atoms with van der Waals surface area (Å²) in [6.07, 6.45) is 5.93. The van der Waals surface area contributed by atoms with Crippen LogP contribution in [-0.4, -0.2) is 20.7 Å². The maximum atomic E-state index is 15.5. The largest absolute Gasteiger partial charge is 0.442 e. The van der Waals surface area contributed by atoms with Gasteiger partial charge in [-0.3, -0.25) is 4.79 Å². The molecule has 0 bridgehead atoms. The summed E-state index contributed by atoms with van der Waals surface area (Å²) in [6, 6.07) is 22.1. The first-order chi connectivity index (χ1) is 17.8. The zero-order valence-corrected chi connectivity index (χ0v) is 21.6. The van der Waals surface area contributed by atoms with Gasteiger partial charge in [-0.2, -0.15) is 0 Å². The number of rotatable bonds is 7. The van der Waals surface area contributed by atoms with Gasteiger partial charge in [0.15, 0.2) is 12.6 Å². The highest BCUT2D eigenvalue weighted by Crippen LogP contribution is 2.31. The highest BCUT2D eigenvalue weighted by Gasteiger charge is 2.23. The molecule has 5 rings (SSSR count). The molecule has 0 fully saturated rings. The molecule has 0 amide bonds. The van der Waals surface area contributed by atoms with Crippen molar-refractivity contribution < 1.29 is 13.9 Å². The fraction of sp³-hybridized carbons (Fsp3) is 0.323. The minimum absolute atomic E-state index is 0.0706. The number of nitrogens with zero attached hydrogens (tertiary/aromatic N) is 3.